The third kappa shape index (κ3) is 3.91. The molecule has 2 nitrogen and oxygen atoms in total. The lowest BCUT2D eigenvalue weighted by atomic mass is 10.2. The molecule has 3 heteroatoms. The van der Waals surface area contributed by atoms with Crippen LogP contribution in [0.5, 0.6) is 0 Å². The fourth-order valence-corrected chi connectivity index (χ4v) is 2.05. The van der Waals surface area contributed by atoms with Crippen LogP contribution >= 0.6 is 11.3 Å². The van der Waals surface area contributed by atoms with Gasteiger partial charge in [-0.1, -0.05) is 6.07 Å². The van der Waals surface area contributed by atoms with Gasteiger partial charge in [0.25, 0.3) is 0 Å². The van der Waals surface area contributed by atoms with E-state index in [1.165, 1.54) is 4.88 Å². The molecule has 0 saturated carbocycles. The summed E-state index contributed by atoms with van der Waals surface area (Å²) in [5.74, 6) is 0.128. The van der Waals surface area contributed by atoms with Gasteiger partial charge in [-0.15, -0.1) is 11.3 Å². The third-order valence-corrected chi connectivity index (χ3v) is 3.06. The van der Waals surface area contributed by atoms with Gasteiger partial charge >= 0.3 is 0 Å². The molecular weight excluding hydrogens is 192 g/mol. The summed E-state index contributed by atoms with van der Waals surface area (Å²) in [6.45, 7) is 3.86. The van der Waals surface area contributed by atoms with Gasteiger partial charge in [0.2, 0.25) is 0 Å². The van der Waals surface area contributed by atoms with Crippen molar-refractivity contribution in [3.8, 4) is 6.07 Å². The molecule has 0 aliphatic heterocycles. The van der Waals surface area contributed by atoms with Crippen molar-refractivity contribution >= 4 is 11.3 Å². The molecule has 0 bridgehead atoms. The number of hydrogen-bond acceptors (Lipinski definition) is 3. The number of nitrogens with zero attached hydrogens (tertiary/aromatic N) is 2. The van der Waals surface area contributed by atoms with Crippen LogP contribution in [0.1, 0.15) is 11.8 Å². The van der Waals surface area contributed by atoms with Crippen LogP contribution in [-0.2, 0) is 6.42 Å². The Balaban J connectivity index is 2.22. The van der Waals surface area contributed by atoms with E-state index in [4.69, 9.17) is 5.26 Å². The molecule has 0 amide bonds. The lowest BCUT2D eigenvalue weighted by molar-refractivity contribution is 0.315. The zero-order chi connectivity index (χ0) is 10.4. The highest BCUT2D eigenvalue weighted by atomic mass is 32.1. The molecule has 0 radical (unpaired) electrons. The largest absolute Gasteiger partial charge is 0.305 e. The van der Waals surface area contributed by atoms with Crippen LogP contribution in [-0.4, -0.2) is 25.0 Å². The molecule has 1 rings (SSSR count). The van der Waals surface area contributed by atoms with E-state index in [2.05, 4.69) is 35.5 Å². The molecule has 0 N–H and O–H groups in total. The quantitative estimate of drug-likeness (QED) is 0.743. The molecule has 76 valence electrons. The van der Waals surface area contributed by atoms with Gasteiger partial charge in [-0.2, -0.15) is 5.26 Å². The Hall–Kier alpha value is -0.850. The summed E-state index contributed by atoms with van der Waals surface area (Å²) in [6, 6.07) is 6.49. The van der Waals surface area contributed by atoms with E-state index in [9.17, 15) is 0 Å². The smallest absolute Gasteiger partial charge is 0.0666 e. The summed E-state index contributed by atoms with van der Waals surface area (Å²) in [5, 5.41) is 10.8. The predicted octanol–water partition coefficient (Wildman–Crippen LogP) is 2.38. The van der Waals surface area contributed by atoms with Crippen LogP contribution in [0.15, 0.2) is 17.5 Å². The molecule has 0 spiro atoms. The van der Waals surface area contributed by atoms with Crippen molar-refractivity contribution in [2.75, 3.05) is 20.1 Å². The Morgan fingerprint density at radius 1 is 1.64 bits per heavy atom. The topological polar surface area (TPSA) is 27.0 Å². The van der Waals surface area contributed by atoms with Gasteiger partial charge in [-0.05, 0) is 31.8 Å². The second-order valence-electron chi connectivity index (χ2n) is 3.62. The van der Waals surface area contributed by atoms with Crippen molar-refractivity contribution in [2.45, 2.75) is 13.3 Å². The molecule has 14 heavy (non-hydrogen) atoms. The molecule has 1 aromatic heterocycles. The summed E-state index contributed by atoms with van der Waals surface area (Å²) in [7, 11) is 2.07. The zero-order valence-electron chi connectivity index (χ0n) is 8.73. The maximum atomic E-state index is 8.66. The highest BCUT2D eigenvalue weighted by molar-refractivity contribution is 7.09. The van der Waals surface area contributed by atoms with Crippen LogP contribution in [0, 0.1) is 17.2 Å². The molecule has 1 unspecified atom stereocenters. The van der Waals surface area contributed by atoms with Crippen molar-refractivity contribution in [1.29, 1.82) is 5.26 Å². The maximum absolute atomic E-state index is 8.66. The highest BCUT2D eigenvalue weighted by Crippen LogP contribution is 2.09. The molecule has 0 saturated heterocycles. The predicted molar refractivity (Wildman–Crippen MR) is 60.3 cm³/mol. The third-order valence-electron chi connectivity index (χ3n) is 2.13. The first-order valence-electron chi connectivity index (χ1n) is 4.83. The lowest BCUT2D eigenvalue weighted by Crippen LogP contribution is -2.25. The molecule has 1 aromatic rings. The van der Waals surface area contributed by atoms with Gasteiger partial charge in [0.1, 0.15) is 0 Å². The van der Waals surface area contributed by atoms with Gasteiger partial charge in [0, 0.05) is 18.0 Å². The minimum Gasteiger partial charge on any atom is -0.305 e. The van der Waals surface area contributed by atoms with E-state index < -0.39 is 0 Å². The summed E-state index contributed by atoms with van der Waals surface area (Å²) in [5.41, 5.74) is 0. The first-order valence-corrected chi connectivity index (χ1v) is 5.71. The normalized spacial score (nSPS) is 12.7. The Bertz CT molecular complexity index is 287. The van der Waals surface area contributed by atoms with Crippen molar-refractivity contribution in [3.63, 3.8) is 0 Å². The average Bonchev–Trinajstić information content (AvgIpc) is 2.67. The number of hydrogen-bond donors (Lipinski definition) is 0. The van der Waals surface area contributed by atoms with Crippen molar-refractivity contribution in [2.24, 2.45) is 5.92 Å². The maximum Gasteiger partial charge on any atom is 0.0666 e. The van der Waals surface area contributed by atoms with Gasteiger partial charge in [0.05, 0.1) is 12.0 Å². The second kappa shape index (κ2) is 5.79. The molecule has 1 heterocycles. The number of rotatable bonds is 5. The number of likely N-dealkylation sites (N-methyl/N-ethyl adjacent to an activating group) is 1. The Kier molecular flexibility index (Phi) is 4.64. The second-order valence-corrected chi connectivity index (χ2v) is 4.65. The average molecular weight is 208 g/mol. The molecule has 1 atom stereocenters. The monoisotopic (exact) mass is 208 g/mol. The van der Waals surface area contributed by atoms with Crippen molar-refractivity contribution in [1.82, 2.24) is 4.90 Å². The fourth-order valence-electron chi connectivity index (χ4n) is 1.36. The van der Waals surface area contributed by atoms with Gasteiger partial charge in [-0.25, -0.2) is 0 Å². The summed E-state index contributed by atoms with van der Waals surface area (Å²) < 4.78 is 0. The first kappa shape index (κ1) is 11.2. The zero-order valence-corrected chi connectivity index (χ0v) is 9.55. The lowest BCUT2D eigenvalue weighted by Gasteiger charge is -2.16. The van der Waals surface area contributed by atoms with E-state index in [0.717, 1.165) is 19.5 Å². The Morgan fingerprint density at radius 2 is 2.43 bits per heavy atom. The van der Waals surface area contributed by atoms with E-state index in [0.29, 0.717) is 0 Å². The van der Waals surface area contributed by atoms with E-state index in [-0.39, 0.29) is 5.92 Å². The van der Waals surface area contributed by atoms with Crippen LogP contribution in [0.25, 0.3) is 0 Å². The van der Waals surface area contributed by atoms with Crippen LogP contribution in [0.2, 0.25) is 0 Å². The minimum atomic E-state index is 0.128. The van der Waals surface area contributed by atoms with Crippen molar-refractivity contribution in [3.05, 3.63) is 22.4 Å². The van der Waals surface area contributed by atoms with E-state index >= 15 is 0 Å². The van der Waals surface area contributed by atoms with E-state index in [1.54, 1.807) is 11.3 Å². The summed E-state index contributed by atoms with van der Waals surface area (Å²) in [6.07, 6.45) is 1.09. The fraction of sp³-hybridized carbons (Fsp3) is 0.545. The molecular formula is C11H16N2S. The number of thiophene rings is 1. The molecule has 0 aliphatic rings. The van der Waals surface area contributed by atoms with Crippen LogP contribution < -0.4 is 0 Å². The van der Waals surface area contributed by atoms with Gasteiger partial charge < -0.3 is 4.90 Å². The van der Waals surface area contributed by atoms with Crippen LogP contribution in [0.4, 0.5) is 0 Å². The van der Waals surface area contributed by atoms with Crippen molar-refractivity contribution < 1.29 is 0 Å². The number of nitriles is 1. The highest BCUT2D eigenvalue weighted by Gasteiger charge is 2.05. The molecule has 0 aromatic carbocycles. The first-order chi connectivity index (χ1) is 6.72. The summed E-state index contributed by atoms with van der Waals surface area (Å²) in [4.78, 5) is 3.63. The standard InChI is InChI=1S/C11H16N2S/c1-10(8-12)9-13(2)6-5-11-4-3-7-14-11/h3-4,7,10H,5-6,9H2,1-2H3. The van der Waals surface area contributed by atoms with Crippen LogP contribution in [0.3, 0.4) is 0 Å². The minimum absolute atomic E-state index is 0.128. The molecule has 0 fully saturated rings. The SMILES string of the molecule is CC(C#N)CN(C)CCc1cccs1. The Labute approximate surface area is 89.8 Å². The Morgan fingerprint density at radius 3 is 3.00 bits per heavy atom. The summed E-state index contributed by atoms with van der Waals surface area (Å²) >= 11 is 1.80. The van der Waals surface area contributed by atoms with Gasteiger partial charge in [-0.3, -0.25) is 0 Å². The van der Waals surface area contributed by atoms with Gasteiger partial charge in [0.15, 0.2) is 0 Å². The van der Waals surface area contributed by atoms with E-state index in [1.807, 2.05) is 6.92 Å². The molecule has 0 aliphatic carbocycles.